The molecule has 2 atom stereocenters. The van der Waals surface area contributed by atoms with Gasteiger partial charge < -0.3 is 20.1 Å². The van der Waals surface area contributed by atoms with Crippen LogP contribution >= 0.6 is 0 Å². The van der Waals surface area contributed by atoms with Crippen molar-refractivity contribution in [3.8, 4) is 0 Å². The number of hydrogen-bond donors (Lipinski definition) is 2. The summed E-state index contributed by atoms with van der Waals surface area (Å²) in [6, 6.07) is -0.117. The Labute approximate surface area is 94.7 Å². The Hall–Kier alpha value is -1.46. The molecule has 6 nitrogen and oxygen atoms in total. The van der Waals surface area contributed by atoms with Crippen molar-refractivity contribution < 1.29 is 19.1 Å². The Balaban J connectivity index is 2.21. The van der Waals surface area contributed by atoms with E-state index in [1.54, 1.807) is 20.8 Å². The van der Waals surface area contributed by atoms with Crippen LogP contribution in [0.25, 0.3) is 0 Å². The van der Waals surface area contributed by atoms with E-state index in [4.69, 9.17) is 4.74 Å². The predicted octanol–water partition coefficient (Wildman–Crippen LogP) is 1.01. The van der Waals surface area contributed by atoms with Crippen molar-refractivity contribution >= 4 is 12.2 Å². The topological polar surface area (TPSA) is 76.7 Å². The fourth-order valence-electron chi connectivity index (χ4n) is 1.18. The second-order valence-electron chi connectivity index (χ2n) is 4.73. The van der Waals surface area contributed by atoms with Gasteiger partial charge >= 0.3 is 12.2 Å². The maximum atomic E-state index is 11.3. The summed E-state index contributed by atoms with van der Waals surface area (Å²) < 4.78 is 9.52. The van der Waals surface area contributed by atoms with Gasteiger partial charge in [-0.2, -0.15) is 0 Å². The van der Waals surface area contributed by atoms with E-state index in [-0.39, 0.29) is 12.1 Å². The highest BCUT2D eigenvalue weighted by Crippen LogP contribution is 2.21. The number of carbonyl (C=O) groups excluding carboxylic acids is 2. The minimum Gasteiger partial charge on any atom is -0.453 e. The zero-order chi connectivity index (χ0) is 12.3. The summed E-state index contributed by atoms with van der Waals surface area (Å²) in [5.41, 5.74) is -0.510. The Kier molecular flexibility index (Phi) is 3.62. The van der Waals surface area contributed by atoms with Crippen molar-refractivity contribution in [3.05, 3.63) is 0 Å². The van der Waals surface area contributed by atoms with E-state index in [1.807, 2.05) is 0 Å². The zero-order valence-electron chi connectivity index (χ0n) is 9.99. The molecule has 1 fully saturated rings. The molecule has 0 saturated heterocycles. The number of hydrogen-bond acceptors (Lipinski definition) is 4. The van der Waals surface area contributed by atoms with E-state index in [2.05, 4.69) is 15.4 Å². The first-order valence-electron chi connectivity index (χ1n) is 5.16. The summed E-state index contributed by atoms with van der Waals surface area (Å²) in [5.74, 6) is 0. The number of ether oxygens (including phenoxy) is 2. The quantitative estimate of drug-likeness (QED) is 0.742. The van der Waals surface area contributed by atoms with Gasteiger partial charge in [-0.15, -0.1) is 0 Å². The van der Waals surface area contributed by atoms with Gasteiger partial charge in [-0.25, -0.2) is 9.59 Å². The van der Waals surface area contributed by atoms with Crippen LogP contribution in [0, 0.1) is 0 Å². The minimum absolute atomic E-state index is 0.0556. The number of alkyl carbamates (subject to hydrolysis) is 2. The first-order chi connectivity index (χ1) is 7.31. The molecule has 0 bridgehead atoms. The second-order valence-corrected chi connectivity index (χ2v) is 4.73. The lowest BCUT2D eigenvalue weighted by atomic mass is 10.2. The highest BCUT2D eigenvalue weighted by Gasteiger charge is 2.40. The van der Waals surface area contributed by atoms with Gasteiger partial charge in [0.25, 0.3) is 0 Å². The molecule has 0 aliphatic heterocycles. The molecule has 1 saturated carbocycles. The molecule has 0 spiro atoms. The Bertz CT molecular complexity index is 285. The van der Waals surface area contributed by atoms with E-state index in [0.717, 1.165) is 0 Å². The van der Waals surface area contributed by atoms with Crippen LogP contribution in [-0.2, 0) is 9.47 Å². The molecule has 0 heterocycles. The summed E-state index contributed by atoms with van der Waals surface area (Å²) in [5, 5.41) is 5.25. The Morgan fingerprint density at radius 1 is 1.12 bits per heavy atom. The largest absolute Gasteiger partial charge is 0.453 e. The molecular formula is C10H18N2O4. The van der Waals surface area contributed by atoms with Crippen LogP contribution < -0.4 is 10.6 Å². The SMILES string of the molecule is COC(=O)NC1CC1NC(=O)OC(C)(C)C. The average Bonchev–Trinajstić information content (AvgIpc) is 2.79. The molecule has 2 amide bonds. The summed E-state index contributed by atoms with van der Waals surface area (Å²) in [6.07, 6.45) is -0.251. The highest BCUT2D eigenvalue weighted by molar-refractivity contribution is 5.70. The number of nitrogens with one attached hydrogen (secondary N) is 2. The molecule has 1 aliphatic rings. The molecule has 6 heteroatoms. The van der Waals surface area contributed by atoms with Gasteiger partial charge in [-0.05, 0) is 27.2 Å². The molecule has 92 valence electrons. The van der Waals surface area contributed by atoms with E-state index < -0.39 is 17.8 Å². The van der Waals surface area contributed by atoms with Crippen LogP contribution in [-0.4, -0.2) is 37.0 Å². The summed E-state index contributed by atoms with van der Waals surface area (Å²) in [6.45, 7) is 5.39. The fraction of sp³-hybridized carbons (Fsp3) is 0.800. The number of methoxy groups -OCH3 is 1. The van der Waals surface area contributed by atoms with Crippen molar-refractivity contribution in [2.75, 3.05) is 7.11 Å². The standard InChI is InChI=1S/C10H18N2O4/c1-10(2,3)16-9(14)12-7-5-6(7)11-8(13)15-4/h6-7H,5H2,1-4H3,(H,11,13)(H,12,14). The van der Waals surface area contributed by atoms with E-state index in [9.17, 15) is 9.59 Å². The molecule has 0 aromatic heterocycles. The first kappa shape index (κ1) is 12.6. The van der Waals surface area contributed by atoms with Crippen LogP contribution in [0.2, 0.25) is 0 Å². The molecule has 0 aromatic carbocycles. The molecule has 2 unspecified atom stereocenters. The third kappa shape index (κ3) is 4.37. The smallest absolute Gasteiger partial charge is 0.407 e. The molecule has 1 aliphatic carbocycles. The highest BCUT2D eigenvalue weighted by atomic mass is 16.6. The average molecular weight is 230 g/mol. The summed E-state index contributed by atoms with van der Waals surface area (Å²) in [7, 11) is 1.30. The maximum absolute atomic E-state index is 11.3. The normalized spacial score (nSPS) is 23.2. The molecular weight excluding hydrogens is 212 g/mol. The molecule has 0 aromatic rings. The fourth-order valence-corrected chi connectivity index (χ4v) is 1.18. The maximum Gasteiger partial charge on any atom is 0.407 e. The van der Waals surface area contributed by atoms with Gasteiger partial charge in [-0.1, -0.05) is 0 Å². The Morgan fingerprint density at radius 3 is 2.06 bits per heavy atom. The van der Waals surface area contributed by atoms with E-state index in [1.165, 1.54) is 7.11 Å². The summed E-state index contributed by atoms with van der Waals surface area (Å²) in [4.78, 5) is 22.2. The van der Waals surface area contributed by atoms with Gasteiger partial charge in [0.05, 0.1) is 19.2 Å². The van der Waals surface area contributed by atoms with Crippen LogP contribution in [0.4, 0.5) is 9.59 Å². The van der Waals surface area contributed by atoms with E-state index in [0.29, 0.717) is 6.42 Å². The van der Waals surface area contributed by atoms with Gasteiger partial charge in [0.2, 0.25) is 0 Å². The number of amides is 2. The van der Waals surface area contributed by atoms with Crippen molar-refractivity contribution in [2.45, 2.75) is 44.9 Å². The van der Waals surface area contributed by atoms with Crippen LogP contribution in [0.3, 0.4) is 0 Å². The molecule has 2 N–H and O–H groups in total. The van der Waals surface area contributed by atoms with Crippen molar-refractivity contribution in [1.29, 1.82) is 0 Å². The molecule has 0 radical (unpaired) electrons. The zero-order valence-corrected chi connectivity index (χ0v) is 9.99. The lowest BCUT2D eigenvalue weighted by molar-refractivity contribution is 0.0521. The summed E-state index contributed by atoms with van der Waals surface area (Å²) >= 11 is 0. The number of carbonyl (C=O) groups is 2. The van der Waals surface area contributed by atoms with Crippen molar-refractivity contribution in [1.82, 2.24) is 10.6 Å². The van der Waals surface area contributed by atoms with Gasteiger partial charge in [-0.3, -0.25) is 0 Å². The third-order valence-electron chi connectivity index (χ3n) is 1.98. The van der Waals surface area contributed by atoms with Crippen LogP contribution in [0.1, 0.15) is 27.2 Å². The van der Waals surface area contributed by atoms with Crippen LogP contribution in [0.5, 0.6) is 0 Å². The first-order valence-corrected chi connectivity index (χ1v) is 5.16. The van der Waals surface area contributed by atoms with Crippen LogP contribution in [0.15, 0.2) is 0 Å². The predicted molar refractivity (Wildman–Crippen MR) is 57.1 cm³/mol. The molecule has 1 rings (SSSR count). The second kappa shape index (κ2) is 4.59. The Morgan fingerprint density at radius 2 is 1.62 bits per heavy atom. The monoisotopic (exact) mass is 230 g/mol. The lowest BCUT2D eigenvalue weighted by Gasteiger charge is -2.19. The lowest BCUT2D eigenvalue weighted by Crippen LogP contribution is -2.37. The van der Waals surface area contributed by atoms with Gasteiger partial charge in [0.1, 0.15) is 5.60 Å². The third-order valence-corrected chi connectivity index (χ3v) is 1.98. The number of rotatable bonds is 2. The minimum atomic E-state index is -0.510. The molecule has 16 heavy (non-hydrogen) atoms. The van der Waals surface area contributed by atoms with Gasteiger partial charge in [0.15, 0.2) is 0 Å². The van der Waals surface area contributed by atoms with Crippen molar-refractivity contribution in [2.24, 2.45) is 0 Å². The van der Waals surface area contributed by atoms with Crippen molar-refractivity contribution in [3.63, 3.8) is 0 Å². The van der Waals surface area contributed by atoms with E-state index >= 15 is 0 Å². The van der Waals surface area contributed by atoms with Gasteiger partial charge in [0, 0.05) is 0 Å².